The van der Waals surface area contributed by atoms with Gasteiger partial charge in [-0.1, -0.05) is 6.07 Å². The second kappa shape index (κ2) is 6.13. The maximum atomic E-state index is 12.4. The van der Waals surface area contributed by atoms with Crippen LogP contribution in [0.2, 0.25) is 0 Å². The highest BCUT2D eigenvalue weighted by molar-refractivity contribution is 5.94. The number of ether oxygens (including phenoxy) is 1. The number of nitrogens with zero attached hydrogens (tertiary/aromatic N) is 1. The molecule has 114 valence electrons. The molecule has 2 amide bonds. The molecule has 1 aliphatic rings. The van der Waals surface area contributed by atoms with E-state index in [0.717, 1.165) is 5.56 Å². The predicted molar refractivity (Wildman–Crippen MR) is 78.7 cm³/mol. The van der Waals surface area contributed by atoms with Crippen LogP contribution in [0.25, 0.3) is 0 Å². The van der Waals surface area contributed by atoms with Gasteiger partial charge in [0.05, 0.1) is 24.3 Å². The van der Waals surface area contributed by atoms with E-state index in [2.05, 4.69) is 5.32 Å². The molecule has 0 spiro atoms. The number of morpholine rings is 1. The van der Waals surface area contributed by atoms with Gasteiger partial charge in [0, 0.05) is 12.2 Å². The summed E-state index contributed by atoms with van der Waals surface area (Å²) in [6, 6.07) is 4.44. The minimum absolute atomic E-state index is 0.00148. The van der Waals surface area contributed by atoms with Gasteiger partial charge in [0.1, 0.15) is 0 Å². The van der Waals surface area contributed by atoms with Gasteiger partial charge in [-0.2, -0.15) is 0 Å². The van der Waals surface area contributed by atoms with Gasteiger partial charge in [0.15, 0.2) is 0 Å². The van der Waals surface area contributed by atoms with Crippen LogP contribution in [-0.4, -0.2) is 47.3 Å². The fraction of sp³-hybridized carbons (Fsp3) is 0.467. The summed E-state index contributed by atoms with van der Waals surface area (Å²) < 4.78 is 5.50. The lowest BCUT2D eigenvalue weighted by molar-refractivity contribution is -0.0296. The van der Waals surface area contributed by atoms with E-state index in [1.54, 1.807) is 11.0 Å². The number of carboxylic acid groups (broad SMARTS) is 1. The minimum Gasteiger partial charge on any atom is -0.478 e. The van der Waals surface area contributed by atoms with Crippen LogP contribution < -0.4 is 5.32 Å². The molecule has 6 nitrogen and oxygen atoms in total. The van der Waals surface area contributed by atoms with Gasteiger partial charge in [0.2, 0.25) is 0 Å². The number of hydrogen-bond acceptors (Lipinski definition) is 3. The average Bonchev–Trinajstić information content (AvgIpc) is 2.43. The number of carbonyl (C=O) groups excluding carboxylic acids is 1. The first-order chi connectivity index (χ1) is 9.88. The maximum absolute atomic E-state index is 12.4. The molecule has 21 heavy (non-hydrogen) atoms. The molecule has 0 bridgehead atoms. The van der Waals surface area contributed by atoms with E-state index < -0.39 is 5.97 Å². The molecule has 2 rings (SSSR count). The van der Waals surface area contributed by atoms with Crippen molar-refractivity contribution in [1.82, 2.24) is 4.90 Å². The highest BCUT2D eigenvalue weighted by Crippen LogP contribution is 2.19. The minimum atomic E-state index is -1.01. The molecular weight excluding hydrogens is 272 g/mol. The Morgan fingerprint density at radius 1 is 1.38 bits per heavy atom. The molecule has 0 aromatic heterocycles. The van der Waals surface area contributed by atoms with E-state index in [4.69, 9.17) is 9.84 Å². The molecular formula is C15H20N2O4. The Kier molecular flexibility index (Phi) is 4.47. The van der Waals surface area contributed by atoms with Crippen LogP contribution in [-0.2, 0) is 4.74 Å². The molecule has 2 unspecified atom stereocenters. The van der Waals surface area contributed by atoms with E-state index in [9.17, 15) is 9.59 Å². The lowest BCUT2D eigenvalue weighted by Crippen LogP contribution is -2.51. The van der Waals surface area contributed by atoms with Crippen LogP contribution in [0, 0.1) is 6.92 Å². The molecule has 1 saturated heterocycles. The number of carboxylic acids is 1. The summed E-state index contributed by atoms with van der Waals surface area (Å²) in [5.41, 5.74) is 1.49. The van der Waals surface area contributed by atoms with Gasteiger partial charge < -0.3 is 20.1 Å². The van der Waals surface area contributed by atoms with Crippen molar-refractivity contribution in [2.75, 3.05) is 18.5 Å². The number of nitrogens with one attached hydrogen (secondary N) is 1. The van der Waals surface area contributed by atoms with Crippen molar-refractivity contribution in [1.29, 1.82) is 0 Å². The normalized spacial score (nSPS) is 22.0. The average molecular weight is 292 g/mol. The first-order valence-electron chi connectivity index (χ1n) is 6.91. The molecule has 0 aliphatic carbocycles. The molecule has 6 heteroatoms. The topological polar surface area (TPSA) is 78.9 Å². The van der Waals surface area contributed by atoms with E-state index in [-0.39, 0.29) is 23.7 Å². The zero-order valence-corrected chi connectivity index (χ0v) is 12.4. The van der Waals surface area contributed by atoms with E-state index >= 15 is 0 Å². The van der Waals surface area contributed by atoms with Crippen LogP contribution in [0.1, 0.15) is 29.8 Å². The summed E-state index contributed by atoms with van der Waals surface area (Å²) in [5, 5.41) is 11.8. The second-order valence-electron chi connectivity index (χ2n) is 5.41. The smallest absolute Gasteiger partial charge is 0.335 e. The van der Waals surface area contributed by atoms with Gasteiger partial charge in [-0.15, -0.1) is 0 Å². The highest BCUT2D eigenvalue weighted by atomic mass is 16.5. The number of amides is 2. The third-order valence-electron chi connectivity index (χ3n) is 3.59. The fourth-order valence-electron chi connectivity index (χ4n) is 2.26. The number of rotatable bonds is 2. The van der Waals surface area contributed by atoms with Crippen molar-refractivity contribution in [3.63, 3.8) is 0 Å². The molecule has 1 aromatic rings. The second-order valence-corrected chi connectivity index (χ2v) is 5.41. The van der Waals surface area contributed by atoms with Crippen LogP contribution in [0.4, 0.5) is 10.5 Å². The number of anilines is 1. The van der Waals surface area contributed by atoms with Crippen LogP contribution >= 0.6 is 0 Å². The molecule has 1 fully saturated rings. The number of aryl methyl sites for hydroxylation is 1. The Hall–Kier alpha value is -2.08. The number of carbonyl (C=O) groups is 2. The van der Waals surface area contributed by atoms with Crippen LogP contribution in [0.15, 0.2) is 18.2 Å². The lowest BCUT2D eigenvalue weighted by atomic mass is 10.1. The molecule has 1 heterocycles. The summed E-state index contributed by atoms with van der Waals surface area (Å²) in [5.74, 6) is -1.01. The van der Waals surface area contributed by atoms with Crippen molar-refractivity contribution in [2.24, 2.45) is 0 Å². The Morgan fingerprint density at radius 3 is 2.76 bits per heavy atom. The Bertz CT molecular complexity index is 559. The predicted octanol–water partition coefficient (Wildman–Crippen LogP) is 2.33. The van der Waals surface area contributed by atoms with Gasteiger partial charge in [-0.3, -0.25) is 0 Å². The third-order valence-corrected chi connectivity index (χ3v) is 3.59. The zero-order chi connectivity index (χ0) is 15.6. The van der Waals surface area contributed by atoms with Gasteiger partial charge in [-0.25, -0.2) is 9.59 Å². The maximum Gasteiger partial charge on any atom is 0.335 e. The fourth-order valence-corrected chi connectivity index (χ4v) is 2.26. The molecule has 2 N–H and O–H groups in total. The largest absolute Gasteiger partial charge is 0.478 e. The molecule has 2 atom stereocenters. The summed E-state index contributed by atoms with van der Waals surface area (Å²) >= 11 is 0. The van der Waals surface area contributed by atoms with Crippen molar-refractivity contribution in [3.05, 3.63) is 29.3 Å². The molecule has 1 aliphatic heterocycles. The van der Waals surface area contributed by atoms with Gasteiger partial charge >= 0.3 is 12.0 Å². The standard InChI is InChI=1S/C15H20N2O4/c1-9-4-5-12(14(18)19)6-13(9)16-15(20)17-7-11(3)21-8-10(17)2/h4-6,10-11H,7-8H2,1-3H3,(H,16,20)(H,18,19). The first-order valence-corrected chi connectivity index (χ1v) is 6.91. The Morgan fingerprint density at radius 2 is 2.10 bits per heavy atom. The summed E-state index contributed by atoms with van der Waals surface area (Å²) in [4.78, 5) is 25.1. The van der Waals surface area contributed by atoms with E-state index in [1.807, 2.05) is 20.8 Å². The van der Waals surface area contributed by atoms with Crippen LogP contribution in [0.3, 0.4) is 0 Å². The summed E-state index contributed by atoms with van der Waals surface area (Å²) in [6.07, 6.45) is -0.00148. The van der Waals surface area contributed by atoms with Crippen molar-refractivity contribution >= 4 is 17.7 Å². The Balaban J connectivity index is 2.15. The van der Waals surface area contributed by atoms with Gasteiger partial charge in [-0.05, 0) is 38.5 Å². The summed E-state index contributed by atoms with van der Waals surface area (Å²) in [6.45, 7) is 6.69. The molecule has 0 saturated carbocycles. The quantitative estimate of drug-likeness (QED) is 0.877. The number of benzene rings is 1. The van der Waals surface area contributed by atoms with Crippen molar-refractivity contribution in [3.8, 4) is 0 Å². The third kappa shape index (κ3) is 3.52. The Labute approximate surface area is 123 Å². The van der Waals surface area contributed by atoms with E-state index in [0.29, 0.717) is 18.8 Å². The van der Waals surface area contributed by atoms with E-state index in [1.165, 1.54) is 12.1 Å². The molecule has 0 radical (unpaired) electrons. The lowest BCUT2D eigenvalue weighted by Gasteiger charge is -2.36. The monoisotopic (exact) mass is 292 g/mol. The molecule has 1 aromatic carbocycles. The summed E-state index contributed by atoms with van der Waals surface area (Å²) in [7, 11) is 0. The first kappa shape index (κ1) is 15.3. The number of aromatic carboxylic acids is 1. The number of hydrogen-bond donors (Lipinski definition) is 2. The van der Waals surface area contributed by atoms with Gasteiger partial charge in [0.25, 0.3) is 0 Å². The van der Waals surface area contributed by atoms with Crippen molar-refractivity contribution < 1.29 is 19.4 Å². The number of urea groups is 1. The zero-order valence-electron chi connectivity index (χ0n) is 12.4. The SMILES string of the molecule is Cc1ccc(C(=O)O)cc1NC(=O)N1CC(C)OCC1C. The van der Waals surface area contributed by atoms with Crippen LogP contribution in [0.5, 0.6) is 0 Å². The van der Waals surface area contributed by atoms with Crippen molar-refractivity contribution in [2.45, 2.75) is 32.9 Å². The highest BCUT2D eigenvalue weighted by Gasteiger charge is 2.27.